The highest BCUT2D eigenvalue weighted by atomic mass is 16.5. The first-order valence-electron chi connectivity index (χ1n) is 10.9. The largest absolute Gasteiger partial charge is 0.494 e. The number of hydrogen-bond acceptors (Lipinski definition) is 4. The molecule has 0 fully saturated rings. The lowest BCUT2D eigenvalue weighted by molar-refractivity contribution is 0.238. The van der Waals surface area contributed by atoms with Gasteiger partial charge in [0.1, 0.15) is 11.6 Å². The average molecular weight is 410 g/mol. The van der Waals surface area contributed by atoms with E-state index < -0.39 is 0 Å². The molecule has 0 saturated heterocycles. The van der Waals surface area contributed by atoms with E-state index in [2.05, 4.69) is 41.3 Å². The zero-order chi connectivity index (χ0) is 22.9. The van der Waals surface area contributed by atoms with Crippen molar-refractivity contribution in [2.75, 3.05) is 11.9 Å². The molecule has 2 aromatic rings. The molecular formula is C26H39N3O. The predicted molar refractivity (Wildman–Crippen MR) is 131 cm³/mol. The SMILES string of the molecule is C/C=C(C(/C)=C/Nc1ncc(-c2ccncc2)cc1C)\C(=C/C)OCC.CC.CC. The van der Waals surface area contributed by atoms with E-state index in [9.17, 15) is 0 Å². The maximum Gasteiger partial charge on any atom is 0.132 e. The Kier molecular flexibility index (Phi) is 14.4. The summed E-state index contributed by atoms with van der Waals surface area (Å²) in [5.41, 5.74) is 5.44. The Morgan fingerprint density at radius 2 is 1.67 bits per heavy atom. The molecule has 2 aromatic heterocycles. The van der Waals surface area contributed by atoms with Crippen LogP contribution >= 0.6 is 0 Å². The fourth-order valence-corrected chi connectivity index (χ4v) is 2.72. The van der Waals surface area contributed by atoms with Gasteiger partial charge in [-0.1, -0.05) is 33.8 Å². The van der Waals surface area contributed by atoms with E-state index in [0.29, 0.717) is 6.61 Å². The first-order valence-corrected chi connectivity index (χ1v) is 10.9. The van der Waals surface area contributed by atoms with Gasteiger partial charge in [-0.15, -0.1) is 0 Å². The molecule has 0 aliphatic carbocycles. The van der Waals surface area contributed by atoms with Gasteiger partial charge in [0, 0.05) is 35.9 Å². The summed E-state index contributed by atoms with van der Waals surface area (Å²) in [7, 11) is 0. The van der Waals surface area contributed by atoms with E-state index in [-0.39, 0.29) is 0 Å². The standard InChI is InChI=1S/C22H27N3O.2C2H6/c1-6-20(21(7-2)26-8-3)17(5)14-24-22-16(4)13-19(15-25-22)18-9-11-23-12-10-18;2*1-2/h6-7,9-15H,8H2,1-5H3,(H,24,25);2*1-2H3/b17-14+,20-6-,21-7+;;. The summed E-state index contributed by atoms with van der Waals surface area (Å²) in [6.45, 7) is 18.8. The van der Waals surface area contributed by atoms with Gasteiger partial charge < -0.3 is 10.1 Å². The molecule has 4 nitrogen and oxygen atoms in total. The van der Waals surface area contributed by atoms with Crippen LogP contribution in [0.2, 0.25) is 0 Å². The number of allylic oxidation sites excluding steroid dienone is 3. The van der Waals surface area contributed by atoms with E-state index in [1.807, 2.05) is 79.1 Å². The average Bonchev–Trinajstić information content (AvgIpc) is 2.81. The fraction of sp³-hybridized carbons (Fsp3) is 0.385. The first-order chi connectivity index (χ1) is 14.6. The smallest absolute Gasteiger partial charge is 0.132 e. The highest BCUT2D eigenvalue weighted by Gasteiger charge is 2.08. The third kappa shape index (κ3) is 8.24. The van der Waals surface area contributed by atoms with Gasteiger partial charge in [0.25, 0.3) is 0 Å². The summed E-state index contributed by atoms with van der Waals surface area (Å²) in [5, 5.41) is 3.32. The molecule has 4 heteroatoms. The van der Waals surface area contributed by atoms with Crippen molar-refractivity contribution in [3.05, 3.63) is 77.6 Å². The number of nitrogens with one attached hydrogen (secondary N) is 1. The van der Waals surface area contributed by atoms with E-state index in [1.165, 1.54) is 0 Å². The van der Waals surface area contributed by atoms with Crippen LogP contribution in [0.4, 0.5) is 5.82 Å². The lowest BCUT2D eigenvalue weighted by atomic mass is 10.1. The van der Waals surface area contributed by atoms with Crippen LogP contribution < -0.4 is 5.32 Å². The highest BCUT2D eigenvalue weighted by Crippen LogP contribution is 2.24. The Morgan fingerprint density at radius 3 is 2.17 bits per heavy atom. The zero-order valence-electron chi connectivity index (χ0n) is 20.2. The zero-order valence-corrected chi connectivity index (χ0v) is 20.2. The van der Waals surface area contributed by atoms with Crippen LogP contribution in [-0.4, -0.2) is 16.6 Å². The molecule has 30 heavy (non-hydrogen) atoms. The third-order valence-electron chi connectivity index (χ3n) is 4.06. The number of hydrogen-bond donors (Lipinski definition) is 1. The highest BCUT2D eigenvalue weighted by molar-refractivity contribution is 5.65. The Labute approximate surface area is 183 Å². The van der Waals surface area contributed by atoms with E-state index in [1.54, 1.807) is 12.4 Å². The van der Waals surface area contributed by atoms with Crippen LogP contribution in [-0.2, 0) is 4.74 Å². The van der Waals surface area contributed by atoms with Crippen LogP contribution in [0, 0.1) is 6.92 Å². The Balaban J connectivity index is 0.00000198. The van der Waals surface area contributed by atoms with Gasteiger partial charge in [0.2, 0.25) is 0 Å². The predicted octanol–water partition coefficient (Wildman–Crippen LogP) is 7.71. The summed E-state index contributed by atoms with van der Waals surface area (Å²) in [6, 6.07) is 6.10. The Hall–Kier alpha value is -2.88. The van der Waals surface area contributed by atoms with Gasteiger partial charge in [-0.05, 0) is 75.6 Å². The molecular weight excluding hydrogens is 370 g/mol. The molecule has 2 heterocycles. The number of ether oxygens (including phenoxy) is 1. The molecule has 0 aliphatic rings. The van der Waals surface area contributed by atoms with Crippen molar-refractivity contribution in [3.8, 4) is 11.1 Å². The number of rotatable bonds is 7. The Morgan fingerprint density at radius 1 is 1.03 bits per heavy atom. The second-order valence-corrected chi connectivity index (χ2v) is 5.89. The number of aromatic nitrogens is 2. The van der Waals surface area contributed by atoms with Gasteiger partial charge >= 0.3 is 0 Å². The minimum atomic E-state index is 0.648. The summed E-state index contributed by atoms with van der Waals surface area (Å²) >= 11 is 0. The molecule has 164 valence electrons. The summed E-state index contributed by atoms with van der Waals surface area (Å²) in [6.07, 6.45) is 11.5. The van der Waals surface area contributed by atoms with Gasteiger partial charge in [-0.3, -0.25) is 4.98 Å². The van der Waals surface area contributed by atoms with Gasteiger partial charge in [-0.25, -0.2) is 4.98 Å². The van der Waals surface area contributed by atoms with Crippen LogP contribution in [0.1, 0.15) is 61.0 Å². The van der Waals surface area contributed by atoms with Gasteiger partial charge in [0.15, 0.2) is 0 Å². The lowest BCUT2D eigenvalue weighted by Gasteiger charge is -2.14. The quantitative estimate of drug-likeness (QED) is 0.376. The maximum absolute atomic E-state index is 5.71. The maximum atomic E-state index is 5.71. The lowest BCUT2D eigenvalue weighted by Crippen LogP contribution is -2.01. The van der Waals surface area contributed by atoms with Crippen LogP contribution in [0.15, 0.2) is 72.0 Å². The molecule has 0 amide bonds. The van der Waals surface area contributed by atoms with Crippen LogP contribution in [0.5, 0.6) is 0 Å². The molecule has 2 rings (SSSR count). The first kappa shape index (κ1) is 27.1. The summed E-state index contributed by atoms with van der Waals surface area (Å²) in [4.78, 5) is 8.63. The molecule has 0 aromatic carbocycles. The van der Waals surface area contributed by atoms with Crippen molar-refractivity contribution in [2.24, 2.45) is 0 Å². The summed E-state index contributed by atoms with van der Waals surface area (Å²) in [5.74, 6) is 1.74. The van der Waals surface area contributed by atoms with Crippen molar-refractivity contribution < 1.29 is 4.74 Å². The van der Waals surface area contributed by atoms with Crippen molar-refractivity contribution in [2.45, 2.75) is 62.3 Å². The molecule has 0 bridgehead atoms. The topological polar surface area (TPSA) is 47.0 Å². The van der Waals surface area contributed by atoms with Crippen LogP contribution in [0.25, 0.3) is 11.1 Å². The number of nitrogens with zero attached hydrogens (tertiary/aromatic N) is 2. The van der Waals surface area contributed by atoms with E-state index in [0.717, 1.165) is 39.4 Å². The molecule has 0 atom stereocenters. The monoisotopic (exact) mass is 409 g/mol. The van der Waals surface area contributed by atoms with Crippen LogP contribution in [0.3, 0.4) is 0 Å². The molecule has 0 aliphatic heterocycles. The number of pyridine rings is 2. The molecule has 0 radical (unpaired) electrons. The van der Waals surface area contributed by atoms with Crippen molar-refractivity contribution in [1.29, 1.82) is 0 Å². The number of aryl methyl sites for hydroxylation is 1. The fourth-order valence-electron chi connectivity index (χ4n) is 2.72. The second-order valence-electron chi connectivity index (χ2n) is 5.89. The van der Waals surface area contributed by atoms with Gasteiger partial charge in [0.05, 0.1) is 6.61 Å². The molecule has 0 spiro atoms. The van der Waals surface area contributed by atoms with Crippen molar-refractivity contribution >= 4 is 5.82 Å². The molecule has 1 N–H and O–H groups in total. The normalized spacial score (nSPS) is 11.6. The van der Waals surface area contributed by atoms with Gasteiger partial charge in [-0.2, -0.15) is 0 Å². The van der Waals surface area contributed by atoms with E-state index >= 15 is 0 Å². The minimum absolute atomic E-state index is 0.648. The van der Waals surface area contributed by atoms with Crippen molar-refractivity contribution in [3.63, 3.8) is 0 Å². The third-order valence-corrected chi connectivity index (χ3v) is 4.06. The molecule has 0 saturated carbocycles. The van der Waals surface area contributed by atoms with Crippen molar-refractivity contribution in [1.82, 2.24) is 9.97 Å². The second kappa shape index (κ2) is 16.0. The Bertz CT molecular complexity index is 821. The molecule has 0 unspecified atom stereocenters. The number of anilines is 1. The minimum Gasteiger partial charge on any atom is -0.494 e. The van der Waals surface area contributed by atoms with E-state index in [4.69, 9.17) is 4.74 Å². The summed E-state index contributed by atoms with van der Waals surface area (Å²) < 4.78 is 5.71.